The van der Waals surface area contributed by atoms with E-state index in [4.69, 9.17) is 10.2 Å². The first-order valence-corrected chi connectivity index (χ1v) is 10.7. The number of nitrogen functional groups attached to an aromatic ring is 1. The summed E-state index contributed by atoms with van der Waals surface area (Å²) in [5, 5.41) is 2.81. The van der Waals surface area contributed by atoms with Gasteiger partial charge in [-0.25, -0.2) is 19.9 Å². The molecule has 1 aliphatic heterocycles. The molecule has 11 heteroatoms. The lowest BCUT2D eigenvalue weighted by atomic mass is 10.1. The van der Waals surface area contributed by atoms with Gasteiger partial charge in [0.15, 0.2) is 17.2 Å². The van der Waals surface area contributed by atoms with E-state index < -0.39 is 5.91 Å². The van der Waals surface area contributed by atoms with Crippen LogP contribution >= 0.6 is 0 Å². The first kappa shape index (κ1) is 21.3. The minimum Gasteiger partial charge on any atom is -0.443 e. The Bertz CT molecular complexity index is 1410. The Morgan fingerprint density at radius 2 is 2.00 bits per heavy atom. The van der Waals surface area contributed by atoms with Crippen molar-refractivity contribution in [2.75, 3.05) is 23.7 Å². The monoisotopic (exact) mass is 458 g/mol. The molecule has 0 bridgehead atoms. The van der Waals surface area contributed by atoms with Gasteiger partial charge in [0.1, 0.15) is 17.8 Å². The molecule has 0 aromatic carbocycles. The third-order valence-electron chi connectivity index (χ3n) is 5.53. The quantitative estimate of drug-likeness (QED) is 0.440. The van der Waals surface area contributed by atoms with Crippen LogP contribution in [0.25, 0.3) is 22.8 Å². The highest BCUT2D eigenvalue weighted by molar-refractivity contribution is 5.97. The number of hydrogen-bond donors (Lipinski definition) is 2. The van der Waals surface area contributed by atoms with Crippen LogP contribution in [0.3, 0.4) is 0 Å². The molecule has 34 heavy (non-hydrogen) atoms. The number of nitrogens with two attached hydrogens (primary N) is 1. The van der Waals surface area contributed by atoms with Crippen molar-refractivity contribution in [3.63, 3.8) is 0 Å². The molecule has 172 valence electrons. The fraction of sp³-hybridized carbons (Fsp3) is 0.217. The molecule has 0 aliphatic carbocycles. The third-order valence-corrected chi connectivity index (χ3v) is 5.53. The number of hydrogen-bond acceptors (Lipinski definition) is 9. The van der Waals surface area contributed by atoms with Gasteiger partial charge < -0.3 is 24.9 Å². The first-order chi connectivity index (χ1) is 16.5. The second-order valence-electron chi connectivity index (χ2n) is 7.87. The predicted molar refractivity (Wildman–Crippen MR) is 125 cm³/mol. The van der Waals surface area contributed by atoms with E-state index in [2.05, 4.69) is 30.2 Å². The van der Waals surface area contributed by atoms with Crippen LogP contribution in [-0.2, 0) is 13.6 Å². The summed E-state index contributed by atoms with van der Waals surface area (Å²) in [5.41, 5.74) is 7.74. The fourth-order valence-corrected chi connectivity index (χ4v) is 3.58. The number of amides is 1. The van der Waals surface area contributed by atoms with Crippen molar-refractivity contribution in [2.24, 2.45) is 7.05 Å². The van der Waals surface area contributed by atoms with Crippen LogP contribution in [0.2, 0.25) is 0 Å². The van der Waals surface area contributed by atoms with Crippen LogP contribution in [0.4, 0.5) is 11.6 Å². The summed E-state index contributed by atoms with van der Waals surface area (Å²) < 4.78 is 6.80. The van der Waals surface area contributed by atoms with E-state index in [0.717, 1.165) is 31.0 Å². The number of nitrogens with zero attached hydrogens (tertiary/aromatic N) is 6. The molecular formula is C23H22N8O3. The Morgan fingerprint density at radius 1 is 1.15 bits per heavy atom. The summed E-state index contributed by atoms with van der Waals surface area (Å²) in [7, 11) is 1.62. The molecule has 3 N–H and O–H groups in total. The number of rotatable bonds is 6. The zero-order valence-electron chi connectivity index (χ0n) is 18.4. The lowest BCUT2D eigenvalue weighted by Gasteiger charge is -2.32. The predicted octanol–water partition coefficient (Wildman–Crippen LogP) is 1.61. The zero-order valence-corrected chi connectivity index (χ0v) is 18.4. The van der Waals surface area contributed by atoms with Gasteiger partial charge in [-0.3, -0.25) is 9.59 Å². The molecule has 1 fully saturated rings. The van der Waals surface area contributed by atoms with Crippen LogP contribution in [0.15, 0.2) is 58.2 Å². The average Bonchev–Trinajstić information content (AvgIpc) is 3.33. The summed E-state index contributed by atoms with van der Waals surface area (Å²) in [6, 6.07) is 8.72. The Hall–Kier alpha value is -4.54. The molecule has 0 radical (unpaired) electrons. The Labute approximate surface area is 194 Å². The maximum atomic E-state index is 13.0. The molecule has 4 aromatic rings. The number of anilines is 2. The van der Waals surface area contributed by atoms with Crippen molar-refractivity contribution in [2.45, 2.75) is 13.0 Å². The van der Waals surface area contributed by atoms with Gasteiger partial charge >= 0.3 is 0 Å². The van der Waals surface area contributed by atoms with E-state index in [1.54, 1.807) is 19.3 Å². The van der Waals surface area contributed by atoms with Gasteiger partial charge in [0.25, 0.3) is 5.91 Å². The van der Waals surface area contributed by atoms with Crippen LogP contribution in [0.1, 0.15) is 22.6 Å². The average molecular weight is 458 g/mol. The molecule has 5 heterocycles. The number of aromatic nitrogens is 5. The number of carbonyl (C=O) groups excluding carboxylic acids is 1. The highest BCUT2D eigenvalue weighted by Gasteiger charge is 2.22. The zero-order chi connectivity index (χ0) is 23.7. The van der Waals surface area contributed by atoms with Crippen molar-refractivity contribution in [3.8, 4) is 22.8 Å². The van der Waals surface area contributed by atoms with Crippen molar-refractivity contribution in [3.05, 3.63) is 70.7 Å². The number of aryl methyl sites for hydroxylation is 1. The third kappa shape index (κ3) is 4.10. The highest BCUT2D eigenvalue weighted by Crippen LogP contribution is 2.29. The lowest BCUT2D eigenvalue weighted by Crippen LogP contribution is -2.37. The topological polar surface area (TPSA) is 145 Å². The summed E-state index contributed by atoms with van der Waals surface area (Å²) in [5.74, 6) is 0.527. The number of nitrogens with one attached hydrogen (secondary N) is 1. The summed E-state index contributed by atoms with van der Waals surface area (Å²) >= 11 is 0. The molecule has 0 unspecified atom stereocenters. The molecule has 5 rings (SSSR count). The normalized spacial score (nSPS) is 12.9. The first-order valence-electron chi connectivity index (χ1n) is 10.7. The lowest BCUT2D eigenvalue weighted by molar-refractivity contribution is 0.0946. The summed E-state index contributed by atoms with van der Waals surface area (Å²) in [4.78, 5) is 44.6. The maximum absolute atomic E-state index is 13.0. The smallest absolute Gasteiger partial charge is 0.274 e. The highest BCUT2D eigenvalue weighted by atomic mass is 16.3. The van der Waals surface area contributed by atoms with Gasteiger partial charge in [-0.1, -0.05) is 6.07 Å². The van der Waals surface area contributed by atoms with Gasteiger partial charge in [-0.05, 0) is 24.6 Å². The van der Waals surface area contributed by atoms with Crippen molar-refractivity contribution in [1.82, 2.24) is 29.8 Å². The summed E-state index contributed by atoms with van der Waals surface area (Å²) in [6.45, 7) is 2.18. The molecule has 0 spiro atoms. The number of carbonyl (C=O) groups is 1. The van der Waals surface area contributed by atoms with Crippen LogP contribution in [0.5, 0.6) is 0 Å². The Kier molecular flexibility index (Phi) is 5.50. The van der Waals surface area contributed by atoms with Gasteiger partial charge in [0.05, 0.1) is 18.4 Å². The van der Waals surface area contributed by atoms with E-state index in [1.165, 1.54) is 23.1 Å². The molecular weight excluding hydrogens is 436 g/mol. The second kappa shape index (κ2) is 8.77. The SMILES string of the molecule is Cn1cc(-c2nc(C(=O)NCc3cccc(N4CCC4)n3)c(N)nc2-c2ncco2)ccc1=O. The van der Waals surface area contributed by atoms with Crippen LogP contribution in [-0.4, -0.2) is 43.5 Å². The van der Waals surface area contributed by atoms with Crippen LogP contribution < -0.4 is 21.5 Å². The second-order valence-corrected chi connectivity index (χ2v) is 7.87. The van der Waals surface area contributed by atoms with Crippen molar-refractivity contribution < 1.29 is 9.21 Å². The molecule has 11 nitrogen and oxygen atoms in total. The van der Waals surface area contributed by atoms with Crippen LogP contribution in [0, 0.1) is 0 Å². The Balaban J connectivity index is 1.46. The molecule has 1 amide bonds. The Morgan fingerprint density at radius 3 is 2.71 bits per heavy atom. The van der Waals surface area contributed by atoms with E-state index in [9.17, 15) is 9.59 Å². The van der Waals surface area contributed by atoms with E-state index in [-0.39, 0.29) is 35.2 Å². The van der Waals surface area contributed by atoms with Gasteiger partial charge in [-0.2, -0.15) is 0 Å². The van der Waals surface area contributed by atoms with Gasteiger partial charge in [0, 0.05) is 38.0 Å². The number of oxazole rings is 1. The van der Waals surface area contributed by atoms with E-state index in [1.807, 2.05) is 18.2 Å². The summed E-state index contributed by atoms with van der Waals surface area (Å²) in [6.07, 6.45) is 5.63. The standard InChI is InChI=1S/C23H22N8O3/c1-30-13-14(6-7-17(30)32)18-19(23-25-8-11-34-23)29-21(24)20(28-18)22(33)26-12-15-4-2-5-16(27-15)31-9-3-10-31/h2,4-8,11,13H,3,9-10,12H2,1H3,(H2,24,29)(H,26,33). The minimum absolute atomic E-state index is 0.0435. The number of pyridine rings is 2. The molecule has 1 saturated heterocycles. The fourth-order valence-electron chi connectivity index (χ4n) is 3.58. The molecule has 0 atom stereocenters. The molecule has 4 aromatic heterocycles. The maximum Gasteiger partial charge on any atom is 0.274 e. The molecule has 0 saturated carbocycles. The van der Waals surface area contributed by atoms with Crippen molar-refractivity contribution >= 4 is 17.5 Å². The van der Waals surface area contributed by atoms with Gasteiger partial charge in [0.2, 0.25) is 11.4 Å². The largest absolute Gasteiger partial charge is 0.443 e. The van der Waals surface area contributed by atoms with E-state index in [0.29, 0.717) is 11.3 Å². The van der Waals surface area contributed by atoms with Crippen molar-refractivity contribution in [1.29, 1.82) is 0 Å². The molecule has 1 aliphatic rings. The van der Waals surface area contributed by atoms with E-state index >= 15 is 0 Å². The van der Waals surface area contributed by atoms with Gasteiger partial charge in [-0.15, -0.1) is 0 Å². The minimum atomic E-state index is -0.494.